The predicted molar refractivity (Wildman–Crippen MR) is 123 cm³/mol. The smallest absolute Gasteiger partial charge is 0.272 e. The van der Waals surface area contributed by atoms with Gasteiger partial charge in [0.25, 0.3) is 11.9 Å². The molecule has 2 amide bonds. The van der Waals surface area contributed by atoms with Gasteiger partial charge in [0.15, 0.2) is 6.61 Å². The van der Waals surface area contributed by atoms with E-state index in [-0.39, 0.29) is 30.8 Å². The Bertz CT molecular complexity index is 1380. The lowest BCUT2D eigenvalue weighted by Gasteiger charge is -2.24. The summed E-state index contributed by atoms with van der Waals surface area (Å²) in [7, 11) is 0. The maximum atomic E-state index is 12.7. The second kappa shape index (κ2) is 8.74. The van der Waals surface area contributed by atoms with Crippen molar-refractivity contribution >= 4 is 17.6 Å². The van der Waals surface area contributed by atoms with Gasteiger partial charge in [0.2, 0.25) is 5.91 Å². The fourth-order valence-corrected chi connectivity index (χ4v) is 4.08. The number of primary amides is 1. The van der Waals surface area contributed by atoms with E-state index in [1.807, 2.05) is 49.4 Å². The molecule has 1 atom stereocenters. The number of carbonyl (C=O) groups is 2. The Morgan fingerprint density at radius 1 is 1.21 bits per heavy atom. The van der Waals surface area contributed by atoms with Crippen molar-refractivity contribution < 1.29 is 14.3 Å². The van der Waals surface area contributed by atoms with Crippen molar-refractivity contribution in [3.63, 3.8) is 0 Å². The molecule has 0 fully saturated rings. The van der Waals surface area contributed by atoms with Crippen molar-refractivity contribution in [2.24, 2.45) is 5.73 Å². The lowest BCUT2D eigenvalue weighted by Crippen LogP contribution is -2.25. The molecular weight excluding hydrogens is 434 g/mol. The molecule has 10 nitrogen and oxygen atoms in total. The number of carbonyl (C=O) groups excluding carboxylic acids is 2. The van der Waals surface area contributed by atoms with Crippen LogP contribution in [0.25, 0.3) is 17.2 Å². The minimum absolute atomic E-state index is 0.158. The van der Waals surface area contributed by atoms with Crippen molar-refractivity contribution in [1.29, 1.82) is 0 Å². The van der Waals surface area contributed by atoms with Crippen LogP contribution < -0.4 is 15.8 Å². The Morgan fingerprint density at radius 3 is 2.82 bits per heavy atom. The highest BCUT2D eigenvalue weighted by Gasteiger charge is 2.33. The van der Waals surface area contributed by atoms with Crippen LogP contribution >= 0.6 is 0 Å². The molecule has 34 heavy (non-hydrogen) atoms. The highest BCUT2D eigenvalue weighted by atomic mass is 16.5. The molecule has 1 unspecified atom stereocenters. The number of nitrogens with two attached hydrogens (primary N) is 1. The van der Waals surface area contributed by atoms with Crippen molar-refractivity contribution in [3.05, 3.63) is 77.6 Å². The van der Waals surface area contributed by atoms with Crippen LogP contribution in [-0.4, -0.2) is 43.4 Å². The third-order valence-corrected chi connectivity index (χ3v) is 5.55. The highest BCUT2D eigenvalue weighted by Crippen LogP contribution is 2.40. The molecule has 0 saturated heterocycles. The number of aryl methyl sites for hydroxylation is 1. The molecule has 0 radical (unpaired) electrons. The van der Waals surface area contributed by atoms with Gasteiger partial charge in [0.05, 0.1) is 17.6 Å². The number of aromatic nitrogens is 5. The zero-order chi connectivity index (χ0) is 23.7. The predicted octanol–water partition coefficient (Wildman–Crippen LogP) is 2.37. The van der Waals surface area contributed by atoms with Gasteiger partial charge >= 0.3 is 0 Å². The number of rotatable bonds is 6. The Balaban J connectivity index is 1.55. The summed E-state index contributed by atoms with van der Waals surface area (Å²) in [5.41, 5.74) is 9.18. The number of benzene rings is 2. The first-order chi connectivity index (χ1) is 16.5. The number of hydrogen-bond acceptors (Lipinski definition) is 7. The second-order valence-electron chi connectivity index (χ2n) is 7.90. The Hall–Kier alpha value is -4.60. The van der Waals surface area contributed by atoms with E-state index >= 15 is 0 Å². The highest BCUT2D eigenvalue weighted by molar-refractivity contribution is 5.95. The monoisotopic (exact) mass is 455 g/mol. The van der Waals surface area contributed by atoms with Gasteiger partial charge in [0, 0.05) is 23.5 Å². The normalized spacial score (nSPS) is 14.9. The number of anilines is 1. The molecule has 1 aliphatic heterocycles. The quantitative estimate of drug-likeness (QED) is 0.455. The number of amides is 2. The third kappa shape index (κ3) is 4.08. The molecular formula is C24H21N7O3. The summed E-state index contributed by atoms with van der Waals surface area (Å²) in [6, 6.07) is 16.9. The van der Waals surface area contributed by atoms with Crippen molar-refractivity contribution in [2.75, 3.05) is 11.9 Å². The first kappa shape index (κ1) is 21.3. The minimum Gasteiger partial charge on any atom is -0.484 e. The van der Waals surface area contributed by atoms with E-state index < -0.39 is 5.91 Å². The third-order valence-electron chi connectivity index (χ3n) is 5.55. The van der Waals surface area contributed by atoms with Gasteiger partial charge in [-0.2, -0.15) is 14.9 Å². The number of ether oxygens (including phenoxy) is 1. The van der Waals surface area contributed by atoms with Crippen LogP contribution in [0.3, 0.4) is 0 Å². The summed E-state index contributed by atoms with van der Waals surface area (Å²) in [5, 5.41) is 15.8. The summed E-state index contributed by atoms with van der Waals surface area (Å²) in [5.74, 6) is 0.277. The van der Waals surface area contributed by atoms with E-state index in [1.165, 1.54) is 4.68 Å². The van der Waals surface area contributed by atoms with Crippen molar-refractivity contribution in [2.45, 2.75) is 19.3 Å². The Morgan fingerprint density at radius 2 is 2.03 bits per heavy atom. The van der Waals surface area contributed by atoms with Crippen LogP contribution in [0.15, 0.2) is 60.8 Å². The van der Waals surface area contributed by atoms with E-state index in [2.05, 4.69) is 25.6 Å². The average Bonchev–Trinajstić information content (AvgIpc) is 3.19. The average molecular weight is 455 g/mol. The number of fused-ring (bicyclic) bond motifs is 1. The van der Waals surface area contributed by atoms with Gasteiger partial charge in [-0.15, -0.1) is 5.10 Å². The Labute approximate surface area is 194 Å². The summed E-state index contributed by atoms with van der Waals surface area (Å²) in [6.07, 6.45) is 1.82. The topological polar surface area (TPSA) is 138 Å². The van der Waals surface area contributed by atoms with Crippen LogP contribution in [0.2, 0.25) is 0 Å². The number of nitrogens with zero attached hydrogens (tertiary/aromatic N) is 5. The van der Waals surface area contributed by atoms with Gasteiger partial charge in [0.1, 0.15) is 11.6 Å². The number of hydrogen-bond donors (Lipinski definition) is 2. The molecule has 10 heteroatoms. The molecule has 0 aliphatic carbocycles. The molecule has 170 valence electrons. The summed E-state index contributed by atoms with van der Waals surface area (Å²) in [6.45, 7) is 1.65. The van der Waals surface area contributed by atoms with Crippen LogP contribution in [-0.2, 0) is 9.59 Å². The molecule has 1 aliphatic rings. The summed E-state index contributed by atoms with van der Waals surface area (Å²) < 4.78 is 6.96. The molecule has 0 bridgehead atoms. The molecule has 0 spiro atoms. The fraction of sp³-hybridized carbons (Fsp3) is 0.167. The SMILES string of the molecule is Cc1nn(-c2nncc(-c3ccccc3)n2)c2c1C(c1cccc(OCC(N)=O)c1)CC(=O)N2. The number of nitrogens with one attached hydrogen (secondary N) is 1. The van der Waals surface area contributed by atoms with Crippen LogP contribution in [0.1, 0.15) is 29.2 Å². The summed E-state index contributed by atoms with van der Waals surface area (Å²) >= 11 is 0. The van der Waals surface area contributed by atoms with Crippen LogP contribution in [0, 0.1) is 6.92 Å². The molecule has 3 N–H and O–H groups in total. The molecule has 2 aromatic carbocycles. The zero-order valence-electron chi connectivity index (χ0n) is 18.3. The van der Waals surface area contributed by atoms with E-state index in [1.54, 1.807) is 18.3 Å². The standard InChI is InChI=1S/C24H21N7O3/c1-14-22-18(16-8-5-9-17(10-16)34-13-20(25)32)11-21(33)28-23(22)31(30-14)24-27-19(12-26-29-24)15-6-3-2-4-7-15/h2-10,12,18H,11,13H2,1H3,(H2,25,32)(H,28,33). The maximum Gasteiger partial charge on any atom is 0.272 e. The summed E-state index contributed by atoms with van der Waals surface area (Å²) in [4.78, 5) is 28.4. The molecule has 2 aromatic heterocycles. The Kier molecular flexibility index (Phi) is 5.46. The molecule has 0 saturated carbocycles. The fourth-order valence-electron chi connectivity index (χ4n) is 4.08. The van der Waals surface area contributed by atoms with Gasteiger partial charge in [-0.25, -0.2) is 4.98 Å². The first-order valence-electron chi connectivity index (χ1n) is 10.7. The zero-order valence-corrected chi connectivity index (χ0v) is 18.3. The lowest BCUT2D eigenvalue weighted by atomic mass is 9.86. The van der Waals surface area contributed by atoms with Gasteiger partial charge < -0.3 is 15.8 Å². The van der Waals surface area contributed by atoms with E-state index in [9.17, 15) is 9.59 Å². The van der Waals surface area contributed by atoms with Gasteiger partial charge in [-0.05, 0) is 24.6 Å². The second-order valence-corrected chi connectivity index (χ2v) is 7.90. The van der Waals surface area contributed by atoms with E-state index in [0.29, 0.717) is 17.3 Å². The molecule has 4 aromatic rings. The lowest BCUT2D eigenvalue weighted by molar-refractivity contribution is -0.120. The van der Waals surface area contributed by atoms with E-state index in [4.69, 9.17) is 10.5 Å². The molecule has 5 rings (SSSR count). The van der Waals surface area contributed by atoms with Gasteiger partial charge in [-0.3, -0.25) is 9.59 Å². The van der Waals surface area contributed by atoms with Crippen molar-refractivity contribution in [3.8, 4) is 23.0 Å². The van der Waals surface area contributed by atoms with E-state index in [0.717, 1.165) is 22.4 Å². The van der Waals surface area contributed by atoms with Crippen LogP contribution in [0.4, 0.5) is 5.82 Å². The minimum atomic E-state index is -0.562. The molecule has 3 heterocycles. The first-order valence-corrected chi connectivity index (χ1v) is 10.7. The van der Waals surface area contributed by atoms with Crippen molar-refractivity contribution in [1.82, 2.24) is 25.0 Å². The van der Waals surface area contributed by atoms with Crippen LogP contribution in [0.5, 0.6) is 5.75 Å². The maximum absolute atomic E-state index is 12.7. The largest absolute Gasteiger partial charge is 0.484 e. The van der Waals surface area contributed by atoms with Gasteiger partial charge in [-0.1, -0.05) is 42.5 Å².